The van der Waals surface area contributed by atoms with E-state index in [9.17, 15) is 9.59 Å². The maximum Gasteiger partial charge on any atom is 0.264 e. The summed E-state index contributed by atoms with van der Waals surface area (Å²) in [6.07, 6.45) is 7.22. The first-order valence-corrected chi connectivity index (χ1v) is 10.1. The molecule has 0 aromatic carbocycles. The Morgan fingerprint density at radius 1 is 1.07 bits per heavy atom. The Hall–Kier alpha value is -1.92. The van der Waals surface area contributed by atoms with Gasteiger partial charge in [-0.15, -0.1) is 0 Å². The molecule has 1 aromatic rings. The maximum absolute atomic E-state index is 12.0. The fraction of sp³-hybridized carbons (Fsp3) is 0.667. The summed E-state index contributed by atoms with van der Waals surface area (Å²) in [5.74, 6) is 1.23. The van der Waals surface area contributed by atoms with Crippen molar-refractivity contribution in [1.29, 1.82) is 0 Å². The molecule has 3 aliphatic heterocycles. The molecule has 4 rings (SSSR count). The second-order valence-corrected chi connectivity index (χ2v) is 8.59. The van der Waals surface area contributed by atoms with Crippen molar-refractivity contribution in [2.45, 2.75) is 87.6 Å². The van der Waals surface area contributed by atoms with Crippen LogP contribution in [0.2, 0.25) is 0 Å². The third-order valence-electron chi connectivity index (χ3n) is 5.00. The SMILES string of the molecule is C.C.CC(C)CCN1C(=O)C2(C)C=CC1OO2.Cc1cccn(CCC(C)C)c1=O. The summed E-state index contributed by atoms with van der Waals surface area (Å²) in [4.78, 5) is 35.4. The van der Waals surface area contributed by atoms with Gasteiger partial charge in [0.2, 0.25) is 0 Å². The molecule has 0 spiro atoms. The van der Waals surface area contributed by atoms with Crippen LogP contribution in [0.25, 0.3) is 0 Å². The minimum absolute atomic E-state index is 0. The summed E-state index contributed by atoms with van der Waals surface area (Å²) in [7, 11) is 0. The molecule has 1 saturated heterocycles. The van der Waals surface area contributed by atoms with Gasteiger partial charge in [-0.05, 0) is 56.7 Å². The van der Waals surface area contributed by atoms with E-state index < -0.39 is 5.60 Å². The van der Waals surface area contributed by atoms with Crippen LogP contribution in [0.4, 0.5) is 0 Å². The summed E-state index contributed by atoms with van der Waals surface area (Å²) >= 11 is 0. The first-order chi connectivity index (χ1) is 13.1. The fourth-order valence-electron chi connectivity index (χ4n) is 2.99. The third-order valence-corrected chi connectivity index (χ3v) is 5.00. The number of pyridine rings is 1. The quantitative estimate of drug-likeness (QED) is 0.481. The van der Waals surface area contributed by atoms with Crippen LogP contribution in [0.3, 0.4) is 0 Å². The van der Waals surface area contributed by atoms with Gasteiger partial charge < -0.3 is 9.47 Å². The normalized spacial score (nSPS) is 21.8. The van der Waals surface area contributed by atoms with Crippen molar-refractivity contribution in [1.82, 2.24) is 9.47 Å². The van der Waals surface area contributed by atoms with Gasteiger partial charge >= 0.3 is 0 Å². The van der Waals surface area contributed by atoms with E-state index in [-0.39, 0.29) is 32.5 Å². The number of carbonyl (C=O) groups is 1. The molecule has 2 bridgehead atoms. The predicted octanol–water partition coefficient (Wildman–Crippen LogP) is 4.95. The van der Waals surface area contributed by atoms with E-state index in [1.54, 1.807) is 22.5 Å². The van der Waals surface area contributed by atoms with Gasteiger partial charge in [-0.1, -0.05) is 48.6 Å². The number of nitrogens with zero attached hydrogens (tertiary/aromatic N) is 2. The van der Waals surface area contributed by atoms with Crippen molar-refractivity contribution in [2.24, 2.45) is 11.8 Å². The minimum Gasteiger partial charge on any atom is -0.315 e. The standard InChI is InChI=1S/C11H17NO3.C11H17NO.2CH4/c1-8(2)5-7-12-9-4-6-11(3,10(12)13)15-14-9;1-9(2)6-8-12-7-4-5-10(3)11(12)13;;/h4,6,8-9H,5,7H2,1-3H3;4-5,7,9H,6,8H2,1-3H3;2*1H4. The number of fused-ring (bicyclic) bond motifs is 2. The molecule has 6 heteroatoms. The molecule has 0 aliphatic carbocycles. The second kappa shape index (κ2) is 12.1. The molecular weight excluding hydrogens is 380 g/mol. The Morgan fingerprint density at radius 3 is 2.20 bits per heavy atom. The van der Waals surface area contributed by atoms with Crippen molar-refractivity contribution in [3.05, 3.63) is 46.4 Å². The summed E-state index contributed by atoms with van der Waals surface area (Å²) in [6.45, 7) is 13.8. The third kappa shape index (κ3) is 7.10. The molecule has 1 amide bonds. The van der Waals surface area contributed by atoms with Crippen LogP contribution in [-0.2, 0) is 21.1 Å². The van der Waals surface area contributed by atoms with Gasteiger partial charge in [-0.3, -0.25) is 9.59 Å². The number of hydrogen-bond donors (Lipinski definition) is 0. The summed E-state index contributed by atoms with van der Waals surface area (Å²) in [5, 5.41) is 0. The molecular formula is C24H42N2O4. The van der Waals surface area contributed by atoms with Gasteiger partial charge in [0.25, 0.3) is 11.5 Å². The van der Waals surface area contributed by atoms with E-state index in [1.165, 1.54) is 0 Å². The first-order valence-electron chi connectivity index (χ1n) is 10.1. The zero-order chi connectivity index (χ0) is 20.9. The van der Waals surface area contributed by atoms with Crippen molar-refractivity contribution < 1.29 is 14.6 Å². The number of amides is 1. The fourth-order valence-corrected chi connectivity index (χ4v) is 2.99. The van der Waals surface area contributed by atoms with E-state index in [0.717, 1.165) is 31.5 Å². The zero-order valence-electron chi connectivity index (χ0n) is 18.0. The molecule has 30 heavy (non-hydrogen) atoms. The molecule has 3 aliphatic rings. The molecule has 6 nitrogen and oxygen atoms in total. The number of carbonyl (C=O) groups excluding carboxylic acids is 1. The van der Waals surface area contributed by atoms with E-state index in [0.29, 0.717) is 11.8 Å². The van der Waals surface area contributed by atoms with Crippen LogP contribution in [-0.4, -0.2) is 33.7 Å². The summed E-state index contributed by atoms with van der Waals surface area (Å²) in [6, 6.07) is 3.78. The van der Waals surface area contributed by atoms with E-state index >= 15 is 0 Å². The van der Waals surface area contributed by atoms with E-state index in [1.807, 2.05) is 31.3 Å². The van der Waals surface area contributed by atoms with Crippen molar-refractivity contribution >= 4 is 5.91 Å². The summed E-state index contributed by atoms with van der Waals surface area (Å²) in [5.41, 5.74) is 0.0561. The average Bonchev–Trinajstić information content (AvgIpc) is 2.64. The number of aryl methyl sites for hydroxylation is 2. The van der Waals surface area contributed by atoms with Crippen molar-refractivity contribution in [3.63, 3.8) is 0 Å². The molecule has 2 atom stereocenters. The van der Waals surface area contributed by atoms with E-state index in [4.69, 9.17) is 9.78 Å². The second-order valence-electron chi connectivity index (χ2n) is 8.59. The zero-order valence-corrected chi connectivity index (χ0v) is 18.0. The molecule has 0 N–H and O–H groups in total. The van der Waals surface area contributed by atoms with Gasteiger partial charge in [0.05, 0.1) is 0 Å². The Bertz CT molecular complexity index is 754. The number of hydrogen-bond acceptors (Lipinski definition) is 4. The largest absolute Gasteiger partial charge is 0.315 e. The number of aromatic nitrogens is 1. The van der Waals surface area contributed by atoms with Crippen molar-refractivity contribution in [3.8, 4) is 0 Å². The monoisotopic (exact) mass is 422 g/mol. The average molecular weight is 423 g/mol. The highest BCUT2D eigenvalue weighted by Crippen LogP contribution is 2.31. The lowest BCUT2D eigenvalue weighted by molar-refractivity contribution is -0.400. The lowest BCUT2D eigenvalue weighted by Crippen LogP contribution is -2.60. The molecule has 0 saturated carbocycles. The minimum atomic E-state index is -0.911. The Morgan fingerprint density at radius 2 is 1.67 bits per heavy atom. The Balaban J connectivity index is 0.000000531. The van der Waals surface area contributed by atoms with Crippen molar-refractivity contribution in [2.75, 3.05) is 6.54 Å². The van der Waals surface area contributed by atoms with Gasteiger partial charge in [-0.25, -0.2) is 9.78 Å². The van der Waals surface area contributed by atoms with Crippen LogP contribution in [0, 0.1) is 18.8 Å². The molecule has 1 fully saturated rings. The Labute approximate surface area is 182 Å². The van der Waals surface area contributed by atoms with Crippen LogP contribution in [0.1, 0.15) is 67.9 Å². The molecule has 0 radical (unpaired) electrons. The maximum atomic E-state index is 12.0. The lowest BCUT2D eigenvalue weighted by atomic mass is 9.98. The Kier molecular flexibility index (Phi) is 11.3. The highest BCUT2D eigenvalue weighted by Gasteiger charge is 2.48. The highest BCUT2D eigenvalue weighted by molar-refractivity contribution is 5.88. The molecule has 2 unspecified atom stereocenters. The highest BCUT2D eigenvalue weighted by atomic mass is 17.2. The molecule has 172 valence electrons. The van der Waals surface area contributed by atoms with Crippen LogP contribution >= 0.6 is 0 Å². The van der Waals surface area contributed by atoms with Crippen LogP contribution < -0.4 is 5.56 Å². The van der Waals surface area contributed by atoms with Gasteiger partial charge in [0.1, 0.15) is 0 Å². The lowest BCUT2D eigenvalue weighted by Gasteiger charge is -2.44. The first kappa shape index (κ1) is 28.1. The van der Waals surface area contributed by atoms with E-state index in [2.05, 4.69) is 27.7 Å². The summed E-state index contributed by atoms with van der Waals surface area (Å²) < 4.78 is 1.79. The van der Waals surface area contributed by atoms with Gasteiger partial charge in [0.15, 0.2) is 11.8 Å². The smallest absolute Gasteiger partial charge is 0.264 e. The van der Waals surface area contributed by atoms with Gasteiger partial charge in [0, 0.05) is 24.8 Å². The predicted molar refractivity (Wildman–Crippen MR) is 123 cm³/mol. The topological polar surface area (TPSA) is 60.8 Å². The van der Waals surface area contributed by atoms with Crippen LogP contribution in [0.15, 0.2) is 35.3 Å². The molecule has 4 heterocycles. The molecule has 1 aromatic heterocycles. The van der Waals surface area contributed by atoms with Gasteiger partial charge in [-0.2, -0.15) is 0 Å². The number of rotatable bonds is 6. The van der Waals surface area contributed by atoms with Crippen LogP contribution in [0.5, 0.6) is 0 Å².